The third-order valence-electron chi connectivity index (χ3n) is 3.02. The van der Waals surface area contributed by atoms with Crippen LogP contribution in [0.2, 0.25) is 0 Å². The van der Waals surface area contributed by atoms with Crippen molar-refractivity contribution in [2.75, 3.05) is 0 Å². The average molecular weight is 250 g/mol. The van der Waals surface area contributed by atoms with E-state index in [-0.39, 0.29) is 0 Å². The summed E-state index contributed by atoms with van der Waals surface area (Å²) < 4.78 is 5.84. The number of ether oxygens (including phenoxy) is 1. The number of nitrogens with zero attached hydrogens (tertiary/aromatic N) is 2. The lowest BCUT2D eigenvalue weighted by Crippen LogP contribution is -1.84. The quantitative estimate of drug-likeness (QED) is 0.574. The van der Waals surface area contributed by atoms with Crippen LogP contribution in [0.5, 0.6) is 11.5 Å². The number of aromatic nitrogens is 4. The molecule has 0 aliphatic rings. The monoisotopic (exact) mass is 250 g/mol. The summed E-state index contributed by atoms with van der Waals surface area (Å²) in [5, 5.41) is 0. The van der Waals surface area contributed by atoms with Crippen molar-refractivity contribution in [3.05, 3.63) is 49.1 Å². The summed E-state index contributed by atoms with van der Waals surface area (Å²) in [4.78, 5) is 14.5. The van der Waals surface area contributed by atoms with E-state index in [0.29, 0.717) is 0 Å². The number of fused-ring (bicyclic) bond motifs is 2. The minimum Gasteiger partial charge on any atom is -0.457 e. The Labute approximate surface area is 108 Å². The first kappa shape index (κ1) is 10.1. The molecule has 0 saturated carbocycles. The molecule has 4 rings (SSSR count). The third-order valence-corrected chi connectivity index (χ3v) is 3.02. The SMILES string of the molecule is c1nc2ccc(Oc3ccc4nc[nH]c4c3)cc2[nH]1. The van der Waals surface area contributed by atoms with Crippen LogP contribution in [0.3, 0.4) is 0 Å². The van der Waals surface area contributed by atoms with Crippen molar-refractivity contribution in [2.45, 2.75) is 0 Å². The lowest BCUT2D eigenvalue weighted by Gasteiger charge is -2.05. The van der Waals surface area contributed by atoms with Crippen LogP contribution in [-0.2, 0) is 0 Å². The highest BCUT2D eigenvalue weighted by atomic mass is 16.5. The average Bonchev–Trinajstić information content (AvgIpc) is 3.05. The minimum absolute atomic E-state index is 0.774. The number of aromatic amines is 2. The van der Waals surface area contributed by atoms with Crippen LogP contribution in [0, 0.1) is 0 Å². The summed E-state index contributed by atoms with van der Waals surface area (Å²) in [5.41, 5.74) is 3.77. The van der Waals surface area contributed by atoms with Gasteiger partial charge in [-0.25, -0.2) is 9.97 Å². The maximum absolute atomic E-state index is 5.84. The van der Waals surface area contributed by atoms with E-state index in [9.17, 15) is 0 Å². The molecule has 92 valence electrons. The Balaban J connectivity index is 1.72. The molecule has 2 aromatic carbocycles. The van der Waals surface area contributed by atoms with Gasteiger partial charge in [-0.1, -0.05) is 0 Å². The first-order valence-corrected chi connectivity index (χ1v) is 5.93. The van der Waals surface area contributed by atoms with Crippen LogP contribution in [0.25, 0.3) is 22.1 Å². The predicted molar refractivity (Wildman–Crippen MR) is 72.3 cm³/mol. The molecule has 2 aromatic heterocycles. The second-order valence-electron chi connectivity index (χ2n) is 4.27. The Morgan fingerprint density at radius 3 is 1.79 bits per heavy atom. The fourth-order valence-corrected chi connectivity index (χ4v) is 2.09. The number of nitrogens with one attached hydrogen (secondary N) is 2. The van der Waals surface area contributed by atoms with Crippen LogP contribution >= 0.6 is 0 Å². The van der Waals surface area contributed by atoms with E-state index >= 15 is 0 Å². The first-order chi connectivity index (χ1) is 9.38. The molecule has 19 heavy (non-hydrogen) atoms. The molecule has 0 amide bonds. The fraction of sp³-hybridized carbons (Fsp3) is 0. The zero-order valence-electron chi connectivity index (χ0n) is 9.92. The van der Waals surface area contributed by atoms with E-state index in [2.05, 4.69) is 19.9 Å². The zero-order chi connectivity index (χ0) is 12.7. The molecule has 2 N–H and O–H groups in total. The van der Waals surface area contributed by atoms with Gasteiger partial charge in [0.05, 0.1) is 34.7 Å². The molecule has 0 saturated heterocycles. The summed E-state index contributed by atoms with van der Waals surface area (Å²) in [6.07, 6.45) is 3.34. The highest BCUT2D eigenvalue weighted by Gasteiger charge is 2.03. The van der Waals surface area contributed by atoms with E-state index < -0.39 is 0 Å². The number of rotatable bonds is 2. The van der Waals surface area contributed by atoms with Crippen LogP contribution in [-0.4, -0.2) is 19.9 Å². The molecule has 4 aromatic rings. The first-order valence-electron chi connectivity index (χ1n) is 5.93. The normalized spacial score (nSPS) is 11.2. The van der Waals surface area contributed by atoms with Crippen molar-refractivity contribution in [3.8, 4) is 11.5 Å². The molecule has 0 bridgehead atoms. The number of hydrogen-bond acceptors (Lipinski definition) is 3. The lowest BCUT2D eigenvalue weighted by molar-refractivity contribution is 0.484. The molecule has 0 radical (unpaired) electrons. The van der Waals surface area contributed by atoms with Crippen LogP contribution < -0.4 is 4.74 Å². The molecule has 5 nitrogen and oxygen atoms in total. The maximum atomic E-state index is 5.84. The maximum Gasteiger partial charge on any atom is 0.129 e. The summed E-state index contributed by atoms with van der Waals surface area (Å²) in [7, 11) is 0. The van der Waals surface area contributed by atoms with Crippen molar-refractivity contribution < 1.29 is 4.74 Å². The van der Waals surface area contributed by atoms with Crippen molar-refractivity contribution in [2.24, 2.45) is 0 Å². The van der Waals surface area contributed by atoms with Gasteiger partial charge >= 0.3 is 0 Å². The van der Waals surface area contributed by atoms with Gasteiger partial charge in [0, 0.05) is 12.1 Å². The van der Waals surface area contributed by atoms with Gasteiger partial charge in [-0.05, 0) is 24.3 Å². The highest BCUT2D eigenvalue weighted by Crippen LogP contribution is 2.26. The summed E-state index contributed by atoms with van der Waals surface area (Å²) in [5.74, 6) is 1.55. The van der Waals surface area contributed by atoms with Gasteiger partial charge < -0.3 is 14.7 Å². The Hall–Kier alpha value is -2.82. The Morgan fingerprint density at radius 1 is 0.737 bits per heavy atom. The molecule has 2 heterocycles. The Morgan fingerprint density at radius 2 is 1.26 bits per heavy atom. The van der Waals surface area contributed by atoms with Crippen molar-refractivity contribution in [1.29, 1.82) is 0 Å². The molecule has 0 fully saturated rings. The van der Waals surface area contributed by atoms with Crippen LogP contribution in [0.4, 0.5) is 0 Å². The summed E-state index contributed by atoms with van der Waals surface area (Å²) >= 11 is 0. The summed E-state index contributed by atoms with van der Waals surface area (Å²) in [6.45, 7) is 0. The second-order valence-corrected chi connectivity index (χ2v) is 4.27. The largest absolute Gasteiger partial charge is 0.457 e. The lowest BCUT2D eigenvalue weighted by atomic mass is 10.3. The predicted octanol–water partition coefficient (Wildman–Crippen LogP) is 3.23. The van der Waals surface area contributed by atoms with Gasteiger partial charge in [0.2, 0.25) is 0 Å². The van der Waals surface area contributed by atoms with Gasteiger partial charge in [-0.3, -0.25) is 0 Å². The second kappa shape index (κ2) is 3.84. The third kappa shape index (κ3) is 1.72. The molecular formula is C14H10N4O. The van der Waals surface area contributed by atoms with Crippen LogP contribution in [0.15, 0.2) is 49.1 Å². The molecular weight excluding hydrogens is 240 g/mol. The van der Waals surface area contributed by atoms with Gasteiger partial charge in [-0.2, -0.15) is 0 Å². The Bertz CT molecular complexity index is 790. The van der Waals surface area contributed by atoms with E-state index in [1.807, 2.05) is 36.4 Å². The molecule has 0 spiro atoms. The smallest absolute Gasteiger partial charge is 0.129 e. The van der Waals surface area contributed by atoms with Crippen molar-refractivity contribution in [1.82, 2.24) is 19.9 Å². The topological polar surface area (TPSA) is 66.6 Å². The van der Waals surface area contributed by atoms with E-state index in [1.54, 1.807) is 12.7 Å². The van der Waals surface area contributed by atoms with E-state index in [0.717, 1.165) is 33.6 Å². The zero-order valence-corrected chi connectivity index (χ0v) is 9.92. The Kier molecular flexibility index (Phi) is 2.05. The van der Waals surface area contributed by atoms with Gasteiger partial charge in [0.25, 0.3) is 0 Å². The highest BCUT2D eigenvalue weighted by molar-refractivity contribution is 5.77. The number of H-pyrrole nitrogens is 2. The molecule has 0 atom stereocenters. The van der Waals surface area contributed by atoms with E-state index in [1.165, 1.54) is 0 Å². The number of imidazole rings is 2. The minimum atomic E-state index is 0.774. The fourth-order valence-electron chi connectivity index (χ4n) is 2.09. The van der Waals surface area contributed by atoms with Crippen molar-refractivity contribution in [3.63, 3.8) is 0 Å². The van der Waals surface area contributed by atoms with E-state index in [4.69, 9.17) is 4.74 Å². The number of benzene rings is 2. The van der Waals surface area contributed by atoms with Gasteiger partial charge in [0.15, 0.2) is 0 Å². The molecule has 0 unspecified atom stereocenters. The number of hydrogen-bond donors (Lipinski definition) is 2. The molecule has 0 aliphatic carbocycles. The van der Waals surface area contributed by atoms with Crippen molar-refractivity contribution >= 4 is 22.1 Å². The van der Waals surface area contributed by atoms with Gasteiger partial charge in [-0.15, -0.1) is 0 Å². The van der Waals surface area contributed by atoms with Crippen LogP contribution in [0.1, 0.15) is 0 Å². The molecule has 5 heteroatoms. The molecule has 0 aliphatic heterocycles. The summed E-state index contributed by atoms with van der Waals surface area (Å²) in [6, 6.07) is 11.5. The standard InChI is InChI=1S/C14H10N4O/c1-3-11-13(17-7-15-11)5-9(1)19-10-2-4-12-14(6-10)18-8-16-12/h1-8H,(H,15,17)(H,16,18). The van der Waals surface area contributed by atoms with Gasteiger partial charge in [0.1, 0.15) is 11.5 Å².